The third kappa shape index (κ3) is 2.26. The third-order valence-corrected chi connectivity index (χ3v) is 6.29. The molecule has 0 bridgehead atoms. The highest BCUT2D eigenvalue weighted by atomic mass is 16.5. The van der Waals surface area contributed by atoms with Crippen molar-refractivity contribution >= 4 is 5.91 Å². The van der Waals surface area contributed by atoms with Crippen molar-refractivity contribution in [1.29, 1.82) is 5.26 Å². The van der Waals surface area contributed by atoms with Gasteiger partial charge in [0.25, 0.3) is 0 Å². The summed E-state index contributed by atoms with van der Waals surface area (Å²) in [7, 11) is 0. The lowest BCUT2D eigenvalue weighted by Gasteiger charge is -2.55. The quantitative estimate of drug-likeness (QED) is 0.930. The first kappa shape index (κ1) is 14.7. The number of carbonyl (C=O) groups is 1. The topological polar surface area (TPSA) is 62.1 Å². The average molecular weight is 310 g/mol. The van der Waals surface area contributed by atoms with Crippen molar-refractivity contribution in [2.45, 2.75) is 44.1 Å². The molecule has 1 aliphatic heterocycles. The molecule has 4 rings (SSSR count). The highest BCUT2D eigenvalue weighted by Crippen LogP contribution is 2.59. The van der Waals surface area contributed by atoms with E-state index >= 15 is 0 Å². The smallest absolute Gasteiger partial charge is 0.223 e. The second-order valence-corrected chi connectivity index (χ2v) is 7.31. The Hall–Kier alpha value is -1.86. The van der Waals surface area contributed by atoms with Crippen LogP contribution in [0.15, 0.2) is 24.3 Å². The zero-order valence-corrected chi connectivity index (χ0v) is 13.3. The van der Waals surface area contributed by atoms with Crippen molar-refractivity contribution < 1.29 is 9.53 Å². The second-order valence-electron chi connectivity index (χ2n) is 7.31. The van der Waals surface area contributed by atoms with Gasteiger partial charge in [-0.15, -0.1) is 0 Å². The van der Waals surface area contributed by atoms with E-state index in [0.29, 0.717) is 24.1 Å². The Labute approximate surface area is 136 Å². The van der Waals surface area contributed by atoms with Crippen molar-refractivity contribution in [1.82, 2.24) is 5.32 Å². The molecule has 1 saturated heterocycles. The van der Waals surface area contributed by atoms with Crippen LogP contribution in [0.4, 0.5) is 0 Å². The SMILES string of the molecule is N#Cc1cccc([C@]2(CNC(=O)C3CCC34CCC4)CCO2)c1. The number of benzene rings is 1. The largest absolute Gasteiger partial charge is 0.368 e. The maximum atomic E-state index is 12.6. The van der Waals surface area contributed by atoms with Crippen LogP contribution >= 0.6 is 0 Å². The van der Waals surface area contributed by atoms with Gasteiger partial charge in [-0.3, -0.25) is 4.79 Å². The zero-order chi connectivity index (χ0) is 15.9. The Kier molecular flexibility index (Phi) is 3.42. The Balaban J connectivity index is 1.44. The summed E-state index contributed by atoms with van der Waals surface area (Å²) in [5.41, 5.74) is 1.52. The van der Waals surface area contributed by atoms with Crippen molar-refractivity contribution in [2.24, 2.45) is 11.3 Å². The maximum Gasteiger partial charge on any atom is 0.223 e. The lowest BCUT2D eigenvalue weighted by molar-refractivity contribution is -0.162. The van der Waals surface area contributed by atoms with Gasteiger partial charge in [0.15, 0.2) is 0 Å². The highest BCUT2D eigenvalue weighted by molar-refractivity contribution is 5.80. The van der Waals surface area contributed by atoms with E-state index in [4.69, 9.17) is 10.00 Å². The molecule has 2 saturated carbocycles. The summed E-state index contributed by atoms with van der Waals surface area (Å²) in [6, 6.07) is 9.72. The molecule has 2 aliphatic carbocycles. The predicted molar refractivity (Wildman–Crippen MR) is 85.4 cm³/mol. The lowest BCUT2D eigenvalue weighted by atomic mass is 9.49. The minimum atomic E-state index is -0.445. The molecule has 23 heavy (non-hydrogen) atoms. The monoisotopic (exact) mass is 310 g/mol. The van der Waals surface area contributed by atoms with Gasteiger partial charge in [0.1, 0.15) is 5.60 Å². The number of rotatable bonds is 4. The van der Waals surface area contributed by atoms with Crippen LogP contribution in [0.5, 0.6) is 0 Å². The minimum absolute atomic E-state index is 0.197. The van der Waals surface area contributed by atoms with E-state index in [2.05, 4.69) is 11.4 Å². The molecule has 3 fully saturated rings. The van der Waals surface area contributed by atoms with E-state index in [0.717, 1.165) is 18.4 Å². The third-order valence-electron chi connectivity index (χ3n) is 6.29. The van der Waals surface area contributed by atoms with Gasteiger partial charge in [-0.05, 0) is 48.8 Å². The van der Waals surface area contributed by atoms with Crippen molar-refractivity contribution in [3.05, 3.63) is 35.4 Å². The summed E-state index contributed by atoms with van der Waals surface area (Å²) in [6.07, 6.45) is 6.85. The molecule has 1 heterocycles. The van der Waals surface area contributed by atoms with Gasteiger partial charge >= 0.3 is 0 Å². The van der Waals surface area contributed by atoms with Crippen LogP contribution < -0.4 is 5.32 Å². The number of nitrogens with one attached hydrogen (secondary N) is 1. The highest BCUT2D eigenvalue weighted by Gasteiger charge is 2.54. The molecule has 1 amide bonds. The molecule has 1 aromatic carbocycles. The van der Waals surface area contributed by atoms with Crippen LogP contribution in [0, 0.1) is 22.7 Å². The Morgan fingerprint density at radius 3 is 2.70 bits per heavy atom. The van der Waals surface area contributed by atoms with E-state index in [1.807, 2.05) is 18.2 Å². The number of ether oxygens (including phenoxy) is 1. The number of nitrogens with zero attached hydrogens (tertiary/aromatic N) is 1. The molecule has 4 heteroatoms. The molecule has 0 radical (unpaired) electrons. The molecule has 0 aromatic heterocycles. The molecule has 1 unspecified atom stereocenters. The molecule has 1 spiro atoms. The van der Waals surface area contributed by atoms with Gasteiger partial charge in [0, 0.05) is 12.3 Å². The fourth-order valence-electron chi connectivity index (χ4n) is 4.38. The summed E-state index contributed by atoms with van der Waals surface area (Å²) < 4.78 is 5.85. The van der Waals surface area contributed by atoms with Crippen molar-refractivity contribution in [2.75, 3.05) is 13.2 Å². The van der Waals surface area contributed by atoms with Crippen LogP contribution in [0.3, 0.4) is 0 Å². The Bertz CT molecular complexity index is 663. The van der Waals surface area contributed by atoms with Gasteiger partial charge in [-0.1, -0.05) is 18.6 Å². The summed E-state index contributed by atoms with van der Waals surface area (Å²) >= 11 is 0. The molecule has 3 aliphatic rings. The second kappa shape index (κ2) is 5.35. The van der Waals surface area contributed by atoms with E-state index in [1.54, 1.807) is 6.07 Å². The van der Waals surface area contributed by atoms with Gasteiger partial charge in [-0.2, -0.15) is 5.26 Å². The van der Waals surface area contributed by atoms with Crippen LogP contribution in [0.2, 0.25) is 0 Å². The Morgan fingerprint density at radius 2 is 2.17 bits per heavy atom. The molecule has 120 valence electrons. The van der Waals surface area contributed by atoms with E-state index in [1.165, 1.54) is 25.7 Å². The van der Waals surface area contributed by atoms with Crippen LogP contribution in [-0.4, -0.2) is 19.1 Å². The van der Waals surface area contributed by atoms with Gasteiger partial charge in [0.05, 0.1) is 24.8 Å². The summed E-state index contributed by atoms with van der Waals surface area (Å²) in [4.78, 5) is 12.6. The fourth-order valence-corrected chi connectivity index (χ4v) is 4.38. The van der Waals surface area contributed by atoms with Crippen LogP contribution in [-0.2, 0) is 15.1 Å². The van der Waals surface area contributed by atoms with Crippen LogP contribution in [0.25, 0.3) is 0 Å². The predicted octanol–water partition coefficient (Wildman–Crippen LogP) is 2.87. The maximum absolute atomic E-state index is 12.6. The first-order valence-corrected chi connectivity index (χ1v) is 8.60. The standard InChI is InChI=1S/C19H22N2O2/c20-12-14-3-1-4-15(11-14)19(9-10-23-19)13-21-17(22)16-5-8-18(16)6-2-7-18/h1,3-4,11,16H,2,5-10,13H2,(H,21,22)/t16?,19-/m1/s1. The van der Waals surface area contributed by atoms with Crippen molar-refractivity contribution in [3.8, 4) is 6.07 Å². The number of amides is 1. The van der Waals surface area contributed by atoms with Gasteiger partial charge in [-0.25, -0.2) is 0 Å². The molecule has 4 nitrogen and oxygen atoms in total. The van der Waals surface area contributed by atoms with Gasteiger partial charge < -0.3 is 10.1 Å². The summed E-state index contributed by atoms with van der Waals surface area (Å²) in [6.45, 7) is 1.22. The molecule has 2 atom stereocenters. The number of hydrogen-bond donors (Lipinski definition) is 1. The number of hydrogen-bond acceptors (Lipinski definition) is 3. The van der Waals surface area contributed by atoms with E-state index < -0.39 is 5.60 Å². The van der Waals surface area contributed by atoms with E-state index in [-0.39, 0.29) is 11.8 Å². The average Bonchev–Trinajstić information content (AvgIpc) is 2.44. The van der Waals surface area contributed by atoms with Crippen LogP contribution in [0.1, 0.15) is 49.7 Å². The molecular weight excluding hydrogens is 288 g/mol. The molecule has 1 N–H and O–H groups in total. The normalized spacial score (nSPS) is 30.5. The molecule has 1 aromatic rings. The molecular formula is C19H22N2O2. The van der Waals surface area contributed by atoms with Crippen molar-refractivity contribution in [3.63, 3.8) is 0 Å². The number of carbonyl (C=O) groups excluding carboxylic acids is 1. The fraction of sp³-hybridized carbons (Fsp3) is 0.579. The summed E-state index contributed by atoms with van der Waals surface area (Å²) in [5, 5.41) is 12.2. The summed E-state index contributed by atoms with van der Waals surface area (Å²) in [5.74, 6) is 0.404. The Morgan fingerprint density at radius 1 is 1.35 bits per heavy atom. The first-order valence-electron chi connectivity index (χ1n) is 8.60. The first-order chi connectivity index (χ1) is 11.2. The minimum Gasteiger partial charge on any atom is -0.368 e. The zero-order valence-electron chi connectivity index (χ0n) is 13.3. The number of nitriles is 1. The van der Waals surface area contributed by atoms with Gasteiger partial charge in [0.2, 0.25) is 5.91 Å². The lowest BCUT2D eigenvalue weighted by Crippen LogP contribution is -2.56. The van der Waals surface area contributed by atoms with E-state index in [9.17, 15) is 4.79 Å².